The van der Waals surface area contributed by atoms with Crippen molar-refractivity contribution < 1.29 is 28.4 Å². The van der Waals surface area contributed by atoms with E-state index in [0.29, 0.717) is 29.2 Å². The van der Waals surface area contributed by atoms with Crippen LogP contribution >= 0.6 is 23.4 Å². The SMILES string of the molecule is CCOc1cc(C=C2SC(=O)N(Cc3c(F)cccc3Cl)C2=O)ccc1OCc1cccc([N+](=O)[O-])c1. The van der Waals surface area contributed by atoms with Crippen molar-refractivity contribution in [2.45, 2.75) is 20.1 Å². The first-order chi connectivity index (χ1) is 17.8. The van der Waals surface area contributed by atoms with Crippen LogP contribution in [0.3, 0.4) is 0 Å². The van der Waals surface area contributed by atoms with Crippen molar-refractivity contribution in [1.82, 2.24) is 4.90 Å². The van der Waals surface area contributed by atoms with Crippen LogP contribution < -0.4 is 9.47 Å². The Morgan fingerprint density at radius 2 is 1.86 bits per heavy atom. The number of non-ortho nitro benzene ring substituents is 1. The van der Waals surface area contributed by atoms with Crippen LogP contribution in [0.25, 0.3) is 6.08 Å². The van der Waals surface area contributed by atoms with E-state index in [0.717, 1.165) is 16.7 Å². The maximum atomic E-state index is 14.2. The fraction of sp³-hybridized carbons (Fsp3) is 0.154. The van der Waals surface area contributed by atoms with Gasteiger partial charge in [-0.3, -0.25) is 24.6 Å². The van der Waals surface area contributed by atoms with E-state index in [9.17, 15) is 24.1 Å². The summed E-state index contributed by atoms with van der Waals surface area (Å²) in [5, 5.41) is 10.6. The molecule has 1 heterocycles. The van der Waals surface area contributed by atoms with Gasteiger partial charge in [0.1, 0.15) is 12.4 Å². The smallest absolute Gasteiger partial charge is 0.293 e. The van der Waals surface area contributed by atoms with Gasteiger partial charge in [-0.05, 0) is 60.2 Å². The van der Waals surface area contributed by atoms with Crippen LogP contribution in [0.2, 0.25) is 5.02 Å². The summed E-state index contributed by atoms with van der Waals surface area (Å²) in [6.45, 7) is 1.95. The van der Waals surface area contributed by atoms with E-state index in [4.69, 9.17) is 21.1 Å². The summed E-state index contributed by atoms with van der Waals surface area (Å²) in [7, 11) is 0. The molecule has 1 fully saturated rings. The van der Waals surface area contributed by atoms with E-state index in [2.05, 4.69) is 0 Å². The summed E-state index contributed by atoms with van der Waals surface area (Å²) in [5.74, 6) is -0.345. The molecule has 0 aromatic heterocycles. The number of imide groups is 1. The Balaban J connectivity index is 1.52. The van der Waals surface area contributed by atoms with Crippen molar-refractivity contribution in [3.63, 3.8) is 0 Å². The van der Waals surface area contributed by atoms with Gasteiger partial charge in [0.15, 0.2) is 11.5 Å². The second-order valence-corrected chi connectivity index (χ2v) is 9.22. The number of amides is 2. The van der Waals surface area contributed by atoms with E-state index in [-0.39, 0.29) is 34.3 Å². The molecule has 3 aromatic rings. The third kappa shape index (κ3) is 6.10. The molecule has 11 heteroatoms. The first kappa shape index (κ1) is 26.2. The molecule has 4 rings (SSSR count). The van der Waals surface area contributed by atoms with Crippen molar-refractivity contribution in [2.24, 2.45) is 0 Å². The van der Waals surface area contributed by atoms with E-state index in [1.165, 1.54) is 30.3 Å². The van der Waals surface area contributed by atoms with Gasteiger partial charge in [0.2, 0.25) is 0 Å². The van der Waals surface area contributed by atoms with Crippen molar-refractivity contribution in [3.05, 3.63) is 103 Å². The molecule has 0 saturated carbocycles. The average molecular weight is 543 g/mol. The lowest BCUT2D eigenvalue weighted by Gasteiger charge is -2.14. The molecule has 0 radical (unpaired) electrons. The number of nitro benzene ring substituents is 1. The highest BCUT2D eigenvalue weighted by atomic mass is 35.5. The summed E-state index contributed by atoms with van der Waals surface area (Å²) < 4.78 is 25.7. The number of carbonyl (C=O) groups is 2. The molecule has 0 atom stereocenters. The van der Waals surface area contributed by atoms with Gasteiger partial charge < -0.3 is 9.47 Å². The number of nitrogens with zero attached hydrogens (tertiary/aromatic N) is 2. The second kappa shape index (κ2) is 11.4. The Morgan fingerprint density at radius 3 is 2.59 bits per heavy atom. The van der Waals surface area contributed by atoms with Crippen LogP contribution in [0, 0.1) is 15.9 Å². The number of nitro groups is 1. The lowest BCUT2D eigenvalue weighted by molar-refractivity contribution is -0.384. The summed E-state index contributed by atoms with van der Waals surface area (Å²) in [6, 6.07) is 15.3. The number of thioether (sulfide) groups is 1. The molecule has 37 heavy (non-hydrogen) atoms. The summed E-state index contributed by atoms with van der Waals surface area (Å²) in [4.78, 5) is 37.0. The summed E-state index contributed by atoms with van der Waals surface area (Å²) in [6.07, 6.45) is 1.54. The molecule has 0 bridgehead atoms. The molecular weight excluding hydrogens is 523 g/mol. The predicted octanol–water partition coefficient (Wildman–Crippen LogP) is 6.60. The van der Waals surface area contributed by atoms with Gasteiger partial charge in [-0.2, -0.15) is 0 Å². The van der Waals surface area contributed by atoms with Gasteiger partial charge in [-0.25, -0.2) is 4.39 Å². The molecule has 2 amide bonds. The number of ether oxygens (including phenoxy) is 2. The molecule has 1 saturated heterocycles. The monoisotopic (exact) mass is 542 g/mol. The van der Waals surface area contributed by atoms with Gasteiger partial charge in [0.25, 0.3) is 16.8 Å². The zero-order chi connectivity index (χ0) is 26.5. The first-order valence-electron chi connectivity index (χ1n) is 11.1. The molecular formula is C26H20ClFN2O6S. The van der Waals surface area contributed by atoms with E-state index in [1.807, 2.05) is 0 Å². The van der Waals surface area contributed by atoms with Gasteiger partial charge in [-0.1, -0.05) is 35.9 Å². The molecule has 0 aliphatic carbocycles. The molecule has 0 spiro atoms. The van der Waals surface area contributed by atoms with Crippen LogP contribution in [0.1, 0.15) is 23.6 Å². The maximum Gasteiger partial charge on any atom is 0.293 e. The number of hydrogen-bond acceptors (Lipinski definition) is 7. The quantitative estimate of drug-likeness (QED) is 0.170. The standard InChI is InChI=1S/C26H20ClFN2O6S/c1-2-35-23-12-16(9-10-22(23)36-15-17-5-3-6-18(11-17)30(33)34)13-24-25(31)29(26(32)37-24)14-19-20(27)7-4-8-21(19)28/h3-13H,2,14-15H2,1H3. The van der Waals surface area contributed by atoms with E-state index in [1.54, 1.807) is 43.3 Å². The normalized spacial score (nSPS) is 14.4. The Labute approximate surface area is 220 Å². The van der Waals surface area contributed by atoms with Crippen LogP contribution in [0.15, 0.2) is 65.6 Å². The highest BCUT2D eigenvalue weighted by Crippen LogP contribution is 2.36. The third-order valence-electron chi connectivity index (χ3n) is 5.33. The molecule has 0 N–H and O–H groups in total. The number of carbonyl (C=O) groups excluding carboxylic acids is 2. The fourth-order valence-corrected chi connectivity index (χ4v) is 4.61. The van der Waals surface area contributed by atoms with Gasteiger partial charge in [-0.15, -0.1) is 0 Å². The second-order valence-electron chi connectivity index (χ2n) is 7.82. The molecule has 190 valence electrons. The minimum Gasteiger partial charge on any atom is -0.490 e. The highest BCUT2D eigenvalue weighted by Gasteiger charge is 2.36. The number of benzene rings is 3. The van der Waals surface area contributed by atoms with Gasteiger partial charge in [0, 0.05) is 22.7 Å². The minimum absolute atomic E-state index is 0.0345. The number of halogens is 2. The topological polar surface area (TPSA) is 99.0 Å². The lowest BCUT2D eigenvalue weighted by atomic mass is 10.1. The Hall–Kier alpha value is -3.89. The predicted molar refractivity (Wildman–Crippen MR) is 138 cm³/mol. The minimum atomic E-state index is -0.599. The average Bonchev–Trinajstić information content (AvgIpc) is 3.13. The van der Waals surface area contributed by atoms with Crippen LogP contribution in [0.5, 0.6) is 11.5 Å². The summed E-state index contributed by atoms with van der Waals surface area (Å²) in [5.41, 5.74) is 1.23. The van der Waals surface area contributed by atoms with Crippen molar-refractivity contribution in [1.29, 1.82) is 0 Å². The Morgan fingerprint density at radius 1 is 1.08 bits per heavy atom. The van der Waals surface area contributed by atoms with Crippen molar-refractivity contribution >= 4 is 46.3 Å². The zero-order valence-corrected chi connectivity index (χ0v) is 21.1. The highest BCUT2D eigenvalue weighted by molar-refractivity contribution is 8.18. The molecule has 0 unspecified atom stereocenters. The van der Waals surface area contributed by atoms with Gasteiger partial charge in [0.05, 0.1) is 23.0 Å². The number of rotatable bonds is 9. The van der Waals surface area contributed by atoms with Crippen LogP contribution in [0.4, 0.5) is 14.9 Å². The van der Waals surface area contributed by atoms with Gasteiger partial charge >= 0.3 is 0 Å². The Kier molecular flexibility index (Phi) is 8.10. The molecule has 8 nitrogen and oxygen atoms in total. The third-order valence-corrected chi connectivity index (χ3v) is 6.59. The van der Waals surface area contributed by atoms with Crippen molar-refractivity contribution in [2.75, 3.05) is 6.61 Å². The fourth-order valence-electron chi connectivity index (χ4n) is 3.55. The van der Waals surface area contributed by atoms with Crippen LogP contribution in [-0.4, -0.2) is 27.6 Å². The molecule has 1 aliphatic rings. The first-order valence-corrected chi connectivity index (χ1v) is 12.3. The molecule has 3 aromatic carbocycles. The van der Waals surface area contributed by atoms with E-state index >= 15 is 0 Å². The number of hydrogen-bond donors (Lipinski definition) is 0. The van der Waals surface area contributed by atoms with Crippen molar-refractivity contribution in [3.8, 4) is 11.5 Å². The Bertz CT molecular complexity index is 1390. The maximum absolute atomic E-state index is 14.2. The largest absolute Gasteiger partial charge is 0.490 e. The zero-order valence-electron chi connectivity index (χ0n) is 19.5. The molecule has 1 aliphatic heterocycles. The lowest BCUT2D eigenvalue weighted by Crippen LogP contribution is -2.28. The van der Waals surface area contributed by atoms with E-state index < -0.39 is 21.9 Å². The summed E-state index contributed by atoms with van der Waals surface area (Å²) >= 11 is 6.80. The van der Waals surface area contributed by atoms with Crippen LogP contribution in [-0.2, 0) is 17.9 Å².